The van der Waals surface area contributed by atoms with E-state index < -0.39 is 0 Å². The van der Waals surface area contributed by atoms with Crippen LogP contribution in [0.5, 0.6) is 5.75 Å². The summed E-state index contributed by atoms with van der Waals surface area (Å²) in [6.07, 6.45) is 3.12. The van der Waals surface area contributed by atoms with Gasteiger partial charge in [0.2, 0.25) is 0 Å². The Balaban J connectivity index is 0.00000261. The number of halogens is 1. The molecular weight excluding hydrogens is 457 g/mol. The van der Waals surface area contributed by atoms with Gasteiger partial charge in [0.05, 0.1) is 19.8 Å². The Morgan fingerprint density at radius 1 is 1.22 bits per heavy atom. The van der Waals surface area contributed by atoms with Gasteiger partial charge in [-0.1, -0.05) is 18.2 Å². The molecule has 2 atom stereocenters. The molecular formula is C20H32IN3O3. The molecule has 6 nitrogen and oxygen atoms in total. The second kappa shape index (κ2) is 12.4. The summed E-state index contributed by atoms with van der Waals surface area (Å²) in [7, 11) is 1.81. The number of para-hydroxylation sites is 1. The topological polar surface area (TPSA) is 64.1 Å². The highest BCUT2D eigenvalue weighted by molar-refractivity contribution is 14.0. The van der Waals surface area contributed by atoms with Gasteiger partial charge in [0.15, 0.2) is 5.96 Å². The highest BCUT2D eigenvalue weighted by atomic mass is 127. The number of nitrogens with zero attached hydrogens (tertiary/aromatic N) is 1. The summed E-state index contributed by atoms with van der Waals surface area (Å²) < 4.78 is 16.8. The lowest BCUT2D eigenvalue weighted by Crippen LogP contribution is -2.40. The highest BCUT2D eigenvalue weighted by Crippen LogP contribution is 2.32. The molecule has 2 aliphatic heterocycles. The van der Waals surface area contributed by atoms with Crippen LogP contribution >= 0.6 is 24.0 Å². The minimum atomic E-state index is 0. The number of hydrogen-bond acceptors (Lipinski definition) is 4. The number of fused-ring (bicyclic) bond motifs is 1. The smallest absolute Gasteiger partial charge is 0.190 e. The van der Waals surface area contributed by atoms with E-state index in [1.807, 2.05) is 19.2 Å². The fourth-order valence-electron chi connectivity index (χ4n) is 3.41. The third-order valence-corrected chi connectivity index (χ3v) is 4.96. The van der Waals surface area contributed by atoms with Crippen LogP contribution in [-0.2, 0) is 9.47 Å². The van der Waals surface area contributed by atoms with Crippen molar-refractivity contribution in [2.45, 2.75) is 25.2 Å². The largest absolute Gasteiger partial charge is 0.493 e. The van der Waals surface area contributed by atoms with Gasteiger partial charge in [-0.05, 0) is 30.9 Å². The predicted octanol–water partition coefficient (Wildman–Crippen LogP) is 2.78. The molecule has 2 unspecified atom stereocenters. The first kappa shape index (κ1) is 22.2. The van der Waals surface area contributed by atoms with Gasteiger partial charge in [0.1, 0.15) is 5.75 Å². The zero-order valence-corrected chi connectivity index (χ0v) is 18.4. The first-order valence-corrected chi connectivity index (χ1v) is 9.68. The maximum atomic E-state index is 5.73. The third-order valence-electron chi connectivity index (χ3n) is 4.96. The molecule has 0 amide bonds. The van der Waals surface area contributed by atoms with Gasteiger partial charge in [-0.3, -0.25) is 4.99 Å². The summed E-state index contributed by atoms with van der Waals surface area (Å²) in [4.78, 5) is 4.32. The fourth-order valence-corrected chi connectivity index (χ4v) is 3.41. The second-order valence-electron chi connectivity index (χ2n) is 6.91. The van der Waals surface area contributed by atoms with Crippen molar-refractivity contribution in [3.63, 3.8) is 0 Å². The Labute approximate surface area is 179 Å². The van der Waals surface area contributed by atoms with Crippen LogP contribution in [0, 0.1) is 5.92 Å². The predicted molar refractivity (Wildman–Crippen MR) is 118 cm³/mol. The molecule has 0 bridgehead atoms. The van der Waals surface area contributed by atoms with E-state index in [2.05, 4.69) is 27.8 Å². The Morgan fingerprint density at radius 3 is 2.93 bits per heavy atom. The normalized spacial score (nSPS) is 21.7. The molecule has 2 heterocycles. The lowest BCUT2D eigenvalue weighted by Gasteiger charge is -2.26. The van der Waals surface area contributed by atoms with Gasteiger partial charge in [0.25, 0.3) is 0 Å². The molecule has 0 aromatic heterocycles. The van der Waals surface area contributed by atoms with Crippen LogP contribution in [0.3, 0.4) is 0 Å². The monoisotopic (exact) mass is 489 g/mol. The number of guanidine groups is 1. The van der Waals surface area contributed by atoms with Crippen LogP contribution in [-0.4, -0.2) is 59.1 Å². The van der Waals surface area contributed by atoms with E-state index in [4.69, 9.17) is 14.2 Å². The molecule has 1 saturated heterocycles. The Kier molecular flexibility index (Phi) is 10.2. The van der Waals surface area contributed by atoms with Gasteiger partial charge in [-0.15, -0.1) is 24.0 Å². The van der Waals surface area contributed by atoms with Crippen LogP contribution < -0.4 is 15.4 Å². The molecule has 7 heteroatoms. The standard InChI is InChI=1S/C20H31N3O3.HI/c1-21-20(22-9-4-10-24-14-16-7-11-25-15-16)23-13-17-8-12-26-19-6-3-2-5-18(17)19;/h2-3,5-6,16-17H,4,7-15H2,1H3,(H2,21,22,23);1H. The molecule has 1 aromatic rings. The number of rotatable bonds is 8. The van der Waals surface area contributed by atoms with Gasteiger partial charge < -0.3 is 24.8 Å². The van der Waals surface area contributed by atoms with E-state index >= 15 is 0 Å². The van der Waals surface area contributed by atoms with Crippen molar-refractivity contribution in [2.24, 2.45) is 10.9 Å². The summed E-state index contributed by atoms with van der Waals surface area (Å²) in [6, 6.07) is 8.30. The average Bonchev–Trinajstić information content (AvgIpc) is 3.20. The molecule has 2 aliphatic rings. The molecule has 0 saturated carbocycles. The minimum absolute atomic E-state index is 0. The van der Waals surface area contributed by atoms with Gasteiger partial charge >= 0.3 is 0 Å². The number of benzene rings is 1. The summed E-state index contributed by atoms with van der Waals surface area (Å²) in [5.41, 5.74) is 1.28. The van der Waals surface area contributed by atoms with E-state index in [9.17, 15) is 0 Å². The summed E-state index contributed by atoms with van der Waals surface area (Å²) in [5, 5.41) is 6.81. The molecule has 2 N–H and O–H groups in total. The van der Waals surface area contributed by atoms with Crippen molar-refractivity contribution in [3.05, 3.63) is 29.8 Å². The van der Waals surface area contributed by atoms with Crippen LogP contribution in [0.25, 0.3) is 0 Å². The molecule has 0 spiro atoms. The maximum Gasteiger partial charge on any atom is 0.190 e. The van der Waals surface area contributed by atoms with Crippen molar-refractivity contribution in [1.82, 2.24) is 10.6 Å². The van der Waals surface area contributed by atoms with Crippen molar-refractivity contribution in [1.29, 1.82) is 0 Å². The summed E-state index contributed by atoms with van der Waals surface area (Å²) in [5.74, 6) is 2.90. The summed E-state index contributed by atoms with van der Waals surface area (Å²) in [6.45, 7) is 5.81. The average molecular weight is 489 g/mol. The molecule has 1 aromatic carbocycles. The Bertz CT molecular complexity index is 579. The number of hydrogen-bond donors (Lipinski definition) is 2. The number of nitrogens with one attached hydrogen (secondary N) is 2. The fraction of sp³-hybridized carbons (Fsp3) is 0.650. The van der Waals surface area contributed by atoms with E-state index in [0.717, 1.165) is 77.1 Å². The second-order valence-corrected chi connectivity index (χ2v) is 6.91. The molecule has 3 rings (SSSR count). The minimum Gasteiger partial charge on any atom is -0.493 e. The molecule has 152 valence electrons. The molecule has 0 radical (unpaired) electrons. The molecule has 0 aliphatic carbocycles. The van der Waals surface area contributed by atoms with E-state index in [0.29, 0.717) is 11.8 Å². The lowest BCUT2D eigenvalue weighted by molar-refractivity contribution is 0.0888. The zero-order valence-electron chi connectivity index (χ0n) is 16.1. The van der Waals surface area contributed by atoms with Crippen LogP contribution in [0.1, 0.15) is 30.7 Å². The quantitative estimate of drug-likeness (QED) is 0.255. The van der Waals surface area contributed by atoms with E-state index in [1.165, 1.54) is 5.56 Å². The molecule has 27 heavy (non-hydrogen) atoms. The first-order valence-electron chi connectivity index (χ1n) is 9.68. The molecule has 1 fully saturated rings. The summed E-state index contributed by atoms with van der Waals surface area (Å²) >= 11 is 0. The van der Waals surface area contributed by atoms with E-state index in [1.54, 1.807) is 0 Å². The lowest BCUT2D eigenvalue weighted by atomic mass is 9.93. The van der Waals surface area contributed by atoms with Crippen molar-refractivity contribution >= 4 is 29.9 Å². The van der Waals surface area contributed by atoms with Crippen LogP contribution in [0.4, 0.5) is 0 Å². The van der Waals surface area contributed by atoms with Crippen molar-refractivity contribution in [3.8, 4) is 5.75 Å². The number of aliphatic imine (C=N–C) groups is 1. The first-order chi connectivity index (χ1) is 12.9. The van der Waals surface area contributed by atoms with Crippen LogP contribution in [0.2, 0.25) is 0 Å². The van der Waals surface area contributed by atoms with Crippen LogP contribution in [0.15, 0.2) is 29.3 Å². The van der Waals surface area contributed by atoms with Gasteiger partial charge in [-0.2, -0.15) is 0 Å². The van der Waals surface area contributed by atoms with E-state index in [-0.39, 0.29) is 24.0 Å². The maximum absolute atomic E-state index is 5.73. The Morgan fingerprint density at radius 2 is 2.11 bits per heavy atom. The van der Waals surface area contributed by atoms with Crippen molar-refractivity contribution < 1.29 is 14.2 Å². The number of ether oxygens (including phenoxy) is 3. The SMILES string of the molecule is CN=C(NCCCOCC1CCOC1)NCC1CCOc2ccccc21.I. The highest BCUT2D eigenvalue weighted by Gasteiger charge is 2.21. The Hall–Kier alpha value is -1.06. The van der Waals surface area contributed by atoms with Gasteiger partial charge in [0, 0.05) is 45.2 Å². The zero-order chi connectivity index (χ0) is 18.0. The van der Waals surface area contributed by atoms with Crippen molar-refractivity contribution in [2.75, 3.05) is 53.2 Å². The third kappa shape index (κ3) is 7.12. The van der Waals surface area contributed by atoms with Gasteiger partial charge in [-0.25, -0.2) is 0 Å².